The van der Waals surface area contributed by atoms with E-state index in [0.29, 0.717) is 5.56 Å². The molecule has 1 aromatic rings. The number of ether oxygens (including phenoxy) is 1. The molecular weight excluding hydrogens is 188 g/mol. The first-order valence-electron chi connectivity index (χ1n) is 5.47. The van der Waals surface area contributed by atoms with Crippen molar-refractivity contribution in [1.82, 2.24) is 0 Å². The van der Waals surface area contributed by atoms with Gasteiger partial charge in [0.2, 0.25) is 0 Å². The van der Waals surface area contributed by atoms with Gasteiger partial charge in [0.15, 0.2) is 0 Å². The third-order valence-corrected chi connectivity index (χ3v) is 2.50. The van der Waals surface area contributed by atoms with E-state index in [1.165, 1.54) is 0 Å². The minimum absolute atomic E-state index is 0.0117. The van der Waals surface area contributed by atoms with Gasteiger partial charge in [0.05, 0.1) is 11.7 Å². The normalized spacial score (nSPS) is 12.2. The standard InChI is InChI=1S/C13H18O2/c1-4-10(3)15-13(14)12-9-7-6-8-11(12)5-2/h6-10H,4-5H2,1-3H3. The first-order chi connectivity index (χ1) is 7.19. The van der Waals surface area contributed by atoms with Crippen molar-refractivity contribution >= 4 is 5.97 Å². The molecule has 0 aliphatic heterocycles. The molecule has 15 heavy (non-hydrogen) atoms. The van der Waals surface area contributed by atoms with Gasteiger partial charge in [-0.05, 0) is 31.4 Å². The third-order valence-electron chi connectivity index (χ3n) is 2.50. The largest absolute Gasteiger partial charge is 0.459 e. The zero-order valence-electron chi connectivity index (χ0n) is 9.62. The Balaban J connectivity index is 2.81. The molecule has 0 aromatic heterocycles. The number of carbonyl (C=O) groups excluding carboxylic acids is 1. The summed E-state index contributed by atoms with van der Waals surface area (Å²) in [6, 6.07) is 7.60. The van der Waals surface area contributed by atoms with E-state index in [1.54, 1.807) is 0 Å². The SMILES string of the molecule is CCc1ccccc1C(=O)OC(C)CC. The molecule has 1 rings (SSSR count). The van der Waals surface area contributed by atoms with Gasteiger partial charge in [-0.3, -0.25) is 0 Å². The first kappa shape index (κ1) is 11.8. The summed E-state index contributed by atoms with van der Waals surface area (Å²) in [7, 11) is 0. The Hall–Kier alpha value is -1.31. The fourth-order valence-electron chi connectivity index (χ4n) is 1.36. The zero-order chi connectivity index (χ0) is 11.3. The lowest BCUT2D eigenvalue weighted by atomic mass is 10.1. The molecule has 0 amide bonds. The lowest BCUT2D eigenvalue weighted by Gasteiger charge is -2.12. The topological polar surface area (TPSA) is 26.3 Å². The van der Waals surface area contributed by atoms with Gasteiger partial charge < -0.3 is 4.74 Å². The highest BCUT2D eigenvalue weighted by molar-refractivity contribution is 5.91. The van der Waals surface area contributed by atoms with E-state index in [-0.39, 0.29) is 12.1 Å². The van der Waals surface area contributed by atoms with E-state index in [1.807, 2.05) is 45.0 Å². The minimum atomic E-state index is -0.207. The first-order valence-corrected chi connectivity index (χ1v) is 5.47. The van der Waals surface area contributed by atoms with E-state index in [4.69, 9.17) is 4.74 Å². The predicted molar refractivity (Wildman–Crippen MR) is 61.0 cm³/mol. The Morgan fingerprint density at radius 3 is 2.60 bits per heavy atom. The van der Waals surface area contributed by atoms with Crippen LogP contribution in [-0.4, -0.2) is 12.1 Å². The summed E-state index contributed by atoms with van der Waals surface area (Å²) in [6.07, 6.45) is 1.69. The molecule has 0 radical (unpaired) electrons. The Bertz CT molecular complexity index is 331. The van der Waals surface area contributed by atoms with Crippen molar-refractivity contribution in [3.8, 4) is 0 Å². The zero-order valence-corrected chi connectivity index (χ0v) is 9.62. The molecule has 0 N–H and O–H groups in total. The predicted octanol–water partition coefficient (Wildman–Crippen LogP) is 3.20. The van der Waals surface area contributed by atoms with Crippen LogP contribution in [0.1, 0.15) is 43.1 Å². The van der Waals surface area contributed by atoms with Gasteiger partial charge in [-0.1, -0.05) is 32.0 Å². The highest BCUT2D eigenvalue weighted by Crippen LogP contribution is 2.12. The fraction of sp³-hybridized carbons (Fsp3) is 0.462. The molecule has 0 saturated carbocycles. The van der Waals surface area contributed by atoms with Gasteiger partial charge in [-0.15, -0.1) is 0 Å². The number of carbonyl (C=O) groups is 1. The van der Waals surface area contributed by atoms with Crippen molar-refractivity contribution in [2.24, 2.45) is 0 Å². The molecule has 1 atom stereocenters. The summed E-state index contributed by atoms with van der Waals surface area (Å²) < 4.78 is 5.29. The molecule has 0 aliphatic rings. The van der Waals surface area contributed by atoms with Crippen molar-refractivity contribution in [1.29, 1.82) is 0 Å². The number of rotatable bonds is 4. The van der Waals surface area contributed by atoms with Gasteiger partial charge in [0.25, 0.3) is 0 Å². The summed E-state index contributed by atoms with van der Waals surface area (Å²) in [5.41, 5.74) is 1.74. The van der Waals surface area contributed by atoms with Crippen molar-refractivity contribution in [2.75, 3.05) is 0 Å². The Morgan fingerprint density at radius 2 is 2.00 bits per heavy atom. The van der Waals surface area contributed by atoms with Gasteiger partial charge in [0.1, 0.15) is 0 Å². The number of benzene rings is 1. The van der Waals surface area contributed by atoms with E-state index in [0.717, 1.165) is 18.4 Å². The van der Waals surface area contributed by atoms with Crippen LogP contribution in [0.3, 0.4) is 0 Å². The monoisotopic (exact) mass is 206 g/mol. The molecule has 2 heteroatoms. The fourth-order valence-corrected chi connectivity index (χ4v) is 1.36. The summed E-state index contributed by atoms with van der Waals surface area (Å²) in [5.74, 6) is -0.207. The van der Waals surface area contributed by atoms with Crippen LogP contribution in [0, 0.1) is 0 Å². The van der Waals surface area contributed by atoms with E-state index in [9.17, 15) is 4.79 Å². The van der Waals surface area contributed by atoms with E-state index < -0.39 is 0 Å². The van der Waals surface area contributed by atoms with Crippen LogP contribution >= 0.6 is 0 Å². The molecule has 0 bridgehead atoms. The second-order valence-corrected chi connectivity index (χ2v) is 3.63. The smallest absolute Gasteiger partial charge is 0.338 e. The number of hydrogen-bond donors (Lipinski definition) is 0. The summed E-state index contributed by atoms with van der Waals surface area (Å²) >= 11 is 0. The van der Waals surface area contributed by atoms with Crippen molar-refractivity contribution in [3.63, 3.8) is 0 Å². The van der Waals surface area contributed by atoms with Gasteiger partial charge in [-0.25, -0.2) is 4.79 Å². The molecule has 1 aromatic carbocycles. The lowest BCUT2D eigenvalue weighted by molar-refractivity contribution is 0.0333. The maximum Gasteiger partial charge on any atom is 0.338 e. The quantitative estimate of drug-likeness (QED) is 0.707. The highest BCUT2D eigenvalue weighted by Gasteiger charge is 2.13. The lowest BCUT2D eigenvalue weighted by Crippen LogP contribution is -2.15. The van der Waals surface area contributed by atoms with Crippen LogP contribution in [0.15, 0.2) is 24.3 Å². The maximum atomic E-state index is 11.8. The Labute approximate surface area is 91.3 Å². The number of aryl methyl sites for hydroxylation is 1. The third kappa shape index (κ3) is 3.08. The van der Waals surface area contributed by atoms with Crippen LogP contribution in [0.4, 0.5) is 0 Å². The van der Waals surface area contributed by atoms with Crippen molar-refractivity contribution < 1.29 is 9.53 Å². The Kier molecular flexibility index (Phi) is 4.35. The molecule has 2 nitrogen and oxygen atoms in total. The second-order valence-electron chi connectivity index (χ2n) is 3.63. The molecule has 0 saturated heterocycles. The summed E-state index contributed by atoms with van der Waals surface area (Å²) in [5, 5.41) is 0. The number of hydrogen-bond acceptors (Lipinski definition) is 2. The van der Waals surface area contributed by atoms with Crippen LogP contribution in [0.5, 0.6) is 0 Å². The van der Waals surface area contributed by atoms with Crippen LogP contribution in [-0.2, 0) is 11.2 Å². The van der Waals surface area contributed by atoms with Gasteiger partial charge in [0, 0.05) is 0 Å². The van der Waals surface area contributed by atoms with Crippen LogP contribution in [0.2, 0.25) is 0 Å². The van der Waals surface area contributed by atoms with Crippen LogP contribution < -0.4 is 0 Å². The van der Waals surface area contributed by atoms with Crippen molar-refractivity contribution in [2.45, 2.75) is 39.7 Å². The molecule has 1 unspecified atom stereocenters. The molecule has 0 fully saturated rings. The second kappa shape index (κ2) is 5.54. The van der Waals surface area contributed by atoms with Crippen LogP contribution in [0.25, 0.3) is 0 Å². The van der Waals surface area contributed by atoms with Gasteiger partial charge >= 0.3 is 5.97 Å². The van der Waals surface area contributed by atoms with Gasteiger partial charge in [-0.2, -0.15) is 0 Å². The highest BCUT2D eigenvalue weighted by atomic mass is 16.5. The average Bonchev–Trinajstić information content (AvgIpc) is 2.28. The average molecular weight is 206 g/mol. The molecule has 82 valence electrons. The number of esters is 1. The Morgan fingerprint density at radius 1 is 1.33 bits per heavy atom. The molecule has 0 spiro atoms. The maximum absolute atomic E-state index is 11.8. The molecular formula is C13H18O2. The van der Waals surface area contributed by atoms with Crippen molar-refractivity contribution in [3.05, 3.63) is 35.4 Å². The molecule has 0 aliphatic carbocycles. The summed E-state index contributed by atoms with van der Waals surface area (Å²) in [6.45, 7) is 5.95. The summed E-state index contributed by atoms with van der Waals surface area (Å²) in [4.78, 5) is 11.8. The van der Waals surface area contributed by atoms with E-state index in [2.05, 4.69) is 0 Å². The molecule has 0 heterocycles. The van der Waals surface area contributed by atoms with E-state index >= 15 is 0 Å². The minimum Gasteiger partial charge on any atom is -0.459 e.